The fraction of sp³-hybridized carbons (Fsp3) is 0.389. The van der Waals surface area contributed by atoms with Crippen LogP contribution in [0.4, 0.5) is 5.82 Å². The Labute approximate surface area is 151 Å². The minimum atomic E-state index is -0.678. The number of hydrogen-bond donors (Lipinski definition) is 2. The van der Waals surface area contributed by atoms with Crippen molar-refractivity contribution in [3.8, 4) is 0 Å². The molecule has 2 aromatic rings. The van der Waals surface area contributed by atoms with Gasteiger partial charge in [0, 0.05) is 16.7 Å². The Bertz CT molecular complexity index is 768. The summed E-state index contributed by atoms with van der Waals surface area (Å²) in [6.45, 7) is 3.75. The molecule has 1 aromatic heterocycles. The van der Waals surface area contributed by atoms with Crippen LogP contribution in [-0.2, 0) is 4.79 Å². The molecule has 1 aliphatic rings. The molecule has 0 saturated heterocycles. The molecule has 2 N–H and O–H groups in total. The van der Waals surface area contributed by atoms with Gasteiger partial charge in [-0.3, -0.25) is 9.59 Å². The Morgan fingerprint density at radius 1 is 1.20 bits per heavy atom. The van der Waals surface area contributed by atoms with Crippen molar-refractivity contribution in [1.82, 2.24) is 15.1 Å². The number of carbonyl (C=O) groups is 2. The quantitative estimate of drug-likeness (QED) is 0.830. The lowest BCUT2D eigenvalue weighted by Crippen LogP contribution is -2.42. The monoisotopic (exact) mass is 360 g/mol. The van der Waals surface area contributed by atoms with Crippen molar-refractivity contribution in [2.45, 2.75) is 38.8 Å². The van der Waals surface area contributed by atoms with Gasteiger partial charge in [0.05, 0.1) is 12.2 Å². The molecular weight excluding hydrogens is 340 g/mol. The molecule has 1 aromatic carbocycles. The molecule has 1 aliphatic carbocycles. The van der Waals surface area contributed by atoms with E-state index in [1.54, 1.807) is 43.5 Å². The molecule has 1 saturated carbocycles. The third-order valence-corrected chi connectivity index (χ3v) is 4.71. The van der Waals surface area contributed by atoms with E-state index < -0.39 is 6.04 Å². The van der Waals surface area contributed by atoms with E-state index in [4.69, 9.17) is 11.6 Å². The standard InChI is InChI=1S/C18H21ClN4O2/c1-11(21-18(25)14-5-7-15(19)8-6-14)17(24)22-16-9-10-20-23(16)12(2)13-3-4-13/h5-13H,3-4H2,1-2H3,(H,21,25)(H,22,24). The highest BCUT2D eigenvalue weighted by Gasteiger charge is 2.31. The van der Waals surface area contributed by atoms with E-state index in [1.807, 2.05) is 4.68 Å². The van der Waals surface area contributed by atoms with E-state index >= 15 is 0 Å². The van der Waals surface area contributed by atoms with Crippen molar-refractivity contribution in [3.05, 3.63) is 47.1 Å². The largest absolute Gasteiger partial charge is 0.341 e. The molecule has 0 radical (unpaired) electrons. The fourth-order valence-electron chi connectivity index (χ4n) is 2.70. The van der Waals surface area contributed by atoms with Crippen molar-refractivity contribution in [3.63, 3.8) is 0 Å². The number of hydrogen-bond acceptors (Lipinski definition) is 3. The minimum Gasteiger partial charge on any atom is -0.341 e. The molecule has 132 valence electrons. The summed E-state index contributed by atoms with van der Waals surface area (Å²) in [5.74, 6) is 0.667. The molecule has 0 spiro atoms. The molecule has 7 heteroatoms. The van der Waals surface area contributed by atoms with Gasteiger partial charge in [0.25, 0.3) is 5.91 Å². The lowest BCUT2D eigenvalue weighted by molar-refractivity contribution is -0.117. The van der Waals surface area contributed by atoms with Crippen LogP contribution in [0.2, 0.25) is 5.02 Å². The highest BCUT2D eigenvalue weighted by atomic mass is 35.5. The van der Waals surface area contributed by atoms with E-state index in [1.165, 1.54) is 12.8 Å². The van der Waals surface area contributed by atoms with Gasteiger partial charge in [-0.1, -0.05) is 11.6 Å². The van der Waals surface area contributed by atoms with E-state index in [0.717, 1.165) is 0 Å². The average molecular weight is 361 g/mol. The summed E-state index contributed by atoms with van der Waals surface area (Å²) >= 11 is 5.81. The van der Waals surface area contributed by atoms with Crippen molar-refractivity contribution >= 4 is 29.2 Å². The van der Waals surface area contributed by atoms with E-state index in [9.17, 15) is 9.59 Å². The van der Waals surface area contributed by atoms with Crippen LogP contribution < -0.4 is 10.6 Å². The molecule has 6 nitrogen and oxygen atoms in total. The summed E-state index contributed by atoms with van der Waals surface area (Å²) in [5, 5.41) is 10.4. The molecule has 1 heterocycles. The first-order valence-electron chi connectivity index (χ1n) is 8.36. The molecule has 2 atom stereocenters. The minimum absolute atomic E-state index is 0.254. The van der Waals surface area contributed by atoms with E-state index in [0.29, 0.717) is 22.3 Å². The van der Waals surface area contributed by atoms with Crippen molar-refractivity contribution < 1.29 is 9.59 Å². The molecule has 2 unspecified atom stereocenters. The summed E-state index contributed by atoms with van der Waals surface area (Å²) in [6.07, 6.45) is 4.06. The number of amides is 2. The van der Waals surface area contributed by atoms with Crippen molar-refractivity contribution in [1.29, 1.82) is 0 Å². The second-order valence-corrected chi connectivity index (χ2v) is 6.87. The Hall–Kier alpha value is -2.34. The van der Waals surface area contributed by atoms with E-state index in [-0.39, 0.29) is 17.9 Å². The Balaban J connectivity index is 1.60. The zero-order valence-corrected chi connectivity index (χ0v) is 15.0. The molecule has 0 bridgehead atoms. The molecular formula is C18H21ClN4O2. The number of aromatic nitrogens is 2. The maximum Gasteiger partial charge on any atom is 0.251 e. The lowest BCUT2D eigenvalue weighted by Gasteiger charge is -2.18. The topological polar surface area (TPSA) is 76.0 Å². The Kier molecular flexibility index (Phi) is 5.08. The predicted molar refractivity (Wildman–Crippen MR) is 96.7 cm³/mol. The molecule has 2 amide bonds. The van der Waals surface area contributed by atoms with Crippen LogP contribution in [0.25, 0.3) is 0 Å². The van der Waals surface area contributed by atoms with Gasteiger partial charge in [-0.25, -0.2) is 4.68 Å². The zero-order chi connectivity index (χ0) is 18.0. The number of nitrogens with one attached hydrogen (secondary N) is 2. The number of nitrogens with zero attached hydrogens (tertiary/aromatic N) is 2. The summed E-state index contributed by atoms with van der Waals surface area (Å²) in [4.78, 5) is 24.6. The van der Waals surface area contributed by atoms with Gasteiger partial charge in [-0.2, -0.15) is 5.10 Å². The van der Waals surface area contributed by atoms with Gasteiger partial charge in [0.1, 0.15) is 11.9 Å². The van der Waals surface area contributed by atoms with Crippen LogP contribution in [-0.4, -0.2) is 27.6 Å². The summed E-state index contributed by atoms with van der Waals surface area (Å²) < 4.78 is 1.84. The number of halogens is 1. The van der Waals surface area contributed by atoms with Gasteiger partial charge in [0.15, 0.2) is 0 Å². The molecule has 3 rings (SSSR count). The highest BCUT2D eigenvalue weighted by molar-refractivity contribution is 6.30. The van der Waals surface area contributed by atoms with Crippen molar-refractivity contribution in [2.24, 2.45) is 5.92 Å². The number of rotatable bonds is 6. The van der Waals surface area contributed by atoms with Gasteiger partial charge >= 0.3 is 0 Å². The average Bonchev–Trinajstić information content (AvgIpc) is 3.34. The maximum atomic E-state index is 12.4. The first-order chi connectivity index (χ1) is 12.0. The SMILES string of the molecule is CC(NC(=O)c1ccc(Cl)cc1)C(=O)Nc1ccnn1C(C)C1CC1. The fourth-order valence-corrected chi connectivity index (χ4v) is 2.82. The number of carbonyl (C=O) groups excluding carboxylic acids is 2. The second-order valence-electron chi connectivity index (χ2n) is 6.43. The van der Waals surface area contributed by atoms with Crippen molar-refractivity contribution in [2.75, 3.05) is 5.32 Å². The second kappa shape index (κ2) is 7.27. The summed E-state index contributed by atoms with van der Waals surface area (Å²) in [6, 6.07) is 7.86. The molecule has 1 fully saturated rings. The zero-order valence-electron chi connectivity index (χ0n) is 14.2. The van der Waals surface area contributed by atoms with Crippen LogP contribution in [0.1, 0.15) is 43.1 Å². The van der Waals surface area contributed by atoms with Crippen LogP contribution in [0, 0.1) is 5.92 Å². The summed E-state index contributed by atoms with van der Waals surface area (Å²) in [5.41, 5.74) is 0.455. The predicted octanol–water partition coefficient (Wildman–Crippen LogP) is 3.26. The van der Waals surface area contributed by atoms with Crippen LogP contribution in [0.3, 0.4) is 0 Å². The third-order valence-electron chi connectivity index (χ3n) is 4.46. The van der Waals surface area contributed by atoms with Gasteiger partial charge in [0.2, 0.25) is 5.91 Å². The first-order valence-corrected chi connectivity index (χ1v) is 8.74. The normalized spacial score (nSPS) is 16.1. The van der Waals surface area contributed by atoms with Crippen LogP contribution >= 0.6 is 11.6 Å². The third kappa shape index (κ3) is 4.20. The number of benzene rings is 1. The maximum absolute atomic E-state index is 12.4. The van der Waals surface area contributed by atoms with E-state index in [2.05, 4.69) is 22.7 Å². The smallest absolute Gasteiger partial charge is 0.251 e. The highest BCUT2D eigenvalue weighted by Crippen LogP contribution is 2.40. The summed E-state index contributed by atoms with van der Waals surface area (Å²) in [7, 11) is 0. The first kappa shape index (κ1) is 17.5. The van der Waals surface area contributed by atoms with Crippen LogP contribution in [0.15, 0.2) is 36.5 Å². The number of anilines is 1. The Morgan fingerprint density at radius 3 is 2.52 bits per heavy atom. The van der Waals surface area contributed by atoms with Crippen LogP contribution in [0.5, 0.6) is 0 Å². The molecule has 0 aliphatic heterocycles. The van der Waals surface area contributed by atoms with Gasteiger partial charge in [-0.15, -0.1) is 0 Å². The Morgan fingerprint density at radius 2 is 1.88 bits per heavy atom. The van der Waals surface area contributed by atoms with Gasteiger partial charge in [-0.05, 0) is 56.9 Å². The van der Waals surface area contributed by atoms with Gasteiger partial charge < -0.3 is 10.6 Å². The molecule has 25 heavy (non-hydrogen) atoms. The lowest BCUT2D eigenvalue weighted by atomic mass is 10.2.